The van der Waals surface area contributed by atoms with Crippen LogP contribution in [0.25, 0.3) is 0 Å². The summed E-state index contributed by atoms with van der Waals surface area (Å²) in [6, 6.07) is 6.31. The van der Waals surface area contributed by atoms with Gasteiger partial charge < -0.3 is 24.7 Å². The minimum Gasteiger partial charge on any atom is -0.497 e. The summed E-state index contributed by atoms with van der Waals surface area (Å²) in [4.78, 5) is 43.2. The van der Waals surface area contributed by atoms with Gasteiger partial charge in [0.2, 0.25) is 5.91 Å². The van der Waals surface area contributed by atoms with Crippen LogP contribution in [0, 0.1) is 11.8 Å². The molecule has 1 aromatic carbocycles. The molecule has 3 fully saturated rings. The van der Waals surface area contributed by atoms with Gasteiger partial charge in [-0.3, -0.25) is 14.4 Å². The molecule has 0 aliphatic carbocycles. The van der Waals surface area contributed by atoms with Gasteiger partial charge in [-0.15, -0.1) is 18.3 Å². The Morgan fingerprint density at radius 1 is 1.35 bits per heavy atom. The standard InChI is InChI=1S/C24H29BrN2O6S/c1-3-10-26(14-6-8-15(33-2)9-7-14)22(30)20-24-13-16(25)19(34-24)17(23(31)32)18(24)21(29)27(20)11-4-5-12-28/h3,6-9,16-20,28H,1,4-5,10-13H2,2H3,(H,31,32)/t16?,17-,18+,19-,20?,24?/m1/s1. The van der Waals surface area contributed by atoms with Crippen molar-refractivity contribution in [2.75, 3.05) is 31.7 Å². The van der Waals surface area contributed by atoms with Crippen LogP contribution < -0.4 is 9.64 Å². The lowest BCUT2D eigenvalue weighted by molar-refractivity contribution is -0.148. The normalized spacial score (nSPS) is 31.4. The number of carboxylic acid groups (broad SMARTS) is 1. The number of unbranched alkanes of at least 4 members (excludes halogenated alkanes) is 1. The van der Waals surface area contributed by atoms with Crippen molar-refractivity contribution in [2.45, 2.75) is 40.1 Å². The number of hydrogen-bond donors (Lipinski definition) is 2. The number of benzene rings is 1. The Hall–Kier alpha value is -2.04. The second-order valence-corrected chi connectivity index (χ2v) is 11.6. The molecule has 0 radical (unpaired) electrons. The number of methoxy groups -OCH3 is 1. The topological polar surface area (TPSA) is 107 Å². The van der Waals surface area contributed by atoms with Gasteiger partial charge in [0.15, 0.2) is 0 Å². The smallest absolute Gasteiger partial charge is 0.308 e. The van der Waals surface area contributed by atoms with Gasteiger partial charge in [0.1, 0.15) is 11.8 Å². The highest BCUT2D eigenvalue weighted by Gasteiger charge is 2.76. The van der Waals surface area contributed by atoms with Crippen LogP contribution in [0.5, 0.6) is 5.75 Å². The van der Waals surface area contributed by atoms with Crippen molar-refractivity contribution >= 4 is 51.2 Å². The first-order valence-electron chi connectivity index (χ1n) is 11.3. The van der Waals surface area contributed by atoms with Gasteiger partial charge in [0.05, 0.1) is 23.7 Å². The van der Waals surface area contributed by atoms with E-state index in [0.29, 0.717) is 37.2 Å². The van der Waals surface area contributed by atoms with Crippen molar-refractivity contribution in [3.63, 3.8) is 0 Å². The van der Waals surface area contributed by atoms with Gasteiger partial charge in [-0.1, -0.05) is 22.0 Å². The van der Waals surface area contributed by atoms with Crippen LogP contribution in [0.4, 0.5) is 5.69 Å². The molecule has 3 heterocycles. The number of carbonyl (C=O) groups is 3. The van der Waals surface area contributed by atoms with E-state index in [2.05, 4.69) is 22.5 Å². The molecule has 4 rings (SSSR count). The van der Waals surface area contributed by atoms with Gasteiger partial charge in [-0.05, 0) is 43.5 Å². The molecular formula is C24H29BrN2O6S. The number of nitrogens with zero attached hydrogens (tertiary/aromatic N) is 2. The van der Waals surface area contributed by atoms with Crippen molar-refractivity contribution in [3.8, 4) is 5.75 Å². The first-order valence-corrected chi connectivity index (χ1v) is 13.1. The zero-order valence-electron chi connectivity index (χ0n) is 18.9. The molecule has 8 nitrogen and oxygen atoms in total. The second kappa shape index (κ2) is 9.91. The molecule has 3 saturated heterocycles. The molecule has 2 bridgehead atoms. The van der Waals surface area contributed by atoms with Crippen molar-refractivity contribution in [1.82, 2.24) is 4.90 Å². The Kier molecular flexibility index (Phi) is 7.30. The number of fused-ring (bicyclic) bond motifs is 1. The maximum Gasteiger partial charge on any atom is 0.308 e. The Morgan fingerprint density at radius 3 is 2.65 bits per heavy atom. The quantitative estimate of drug-likeness (QED) is 0.261. The Bertz CT molecular complexity index is 975. The third-order valence-electron chi connectivity index (χ3n) is 7.08. The highest BCUT2D eigenvalue weighted by atomic mass is 79.9. The number of anilines is 1. The van der Waals surface area contributed by atoms with Gasteiger partial charge in [0.25, 0.3) is 5.91 Å². The monoisotopic (exact) mass is 552 g/mol. The third-order valence-corrected chi connectivity index (χ3v) is 10.3. The van der Waals surface area contributed by atoms with Crippen LogP contribution in [0.3, 0.4) is 0 Å². The number of halogens is 1. The van der Waals surface area contributed by atoms with Gasteiger partial charge in [0, 0.05) is 35.5 Å². The molecule has 0 saturated carbocycles. The number of carbonyl (C=O) groups excluding carboxylic acids is 2. The molecule has 0 aromatic heterocycles. The van der Waals surface area contributed by atoms with Crippen LogP contribution in [-0.4, -0.2) is 80.6 Å². The molecule has 34 heavy (non-hydrogen) atoms. The van der Waals surface area contributed by atoms with Crippen LogP contribution in [-0.2, 0) is 14.4 Å². The predicted molar refractivity (Wildman–Crippen MR) is 133 cm³/mol. The number of aliphatic hydroxyl groups is 1. The van der Waals surface area contributed by atoms with Gasteiger partial charge in [-0.25, -0.2) is 0 Å². The highest BCUT2D eigenvalue weighted by Crippen LogP contribution is 2.67. The minimum absolute atomic E-state index is 0.0122. The van der Waals surface area contributed by atoms with E-state index in [1.54, 1.807) is 47.3 Å². The number of alkyl halides is 1. The molecule has 1 spiro atoms. The number of thioether (sulfide) groups is 1. The van der Waals surface area contributed by atoms with Crippen molar-refractivity contribution < 1.29 is 29.3 Å². The van der Waals surface area contributed by atoms with E-state index >= 15 is 0 Å². The molecule has 2 amide bonds. The largest absolute Gasteiger partial charge is 0.497 e. The maximum atomic E-state index is 14.2. The van der Waals surface area contributed by atoms with E-state index in [9.17, 15) is 24.6 Å². The van der Waals surface area contributed by atoms with E-state index in [1.165, 1.54) is 11.8 Å². The number of ether oxygens (including phenoxy) is 1. The maximum absolute atomic E-state index is 14.2. The number of amides is 2. The van der Waals surface area contributed by atoms with E-state index in [-0.39, 0.29) is 35.0 Å². The van der Waals surface area contributed by atoms with Crippen molar-refractivity contribution in [3.05, 3.63) is 36.9 Å². The average molecular weight is 553 g/mol. The number of rotatable bonds is 10. The molecule has 10 heteroatoms. The van der Waals surface area contributed by atoms with E-state index in [4.69, 9.17) is 4.74 Å². The van der Waals surface area contributed by atoms with Gasteiger partial charge >= 0.3 is 5.97 Å². The molecule has 1 aromatic rings. The predicted octanol–water partition coefficient (Wildman–Crippen LogP) is 2.54. The molecule has 3 aliphatic rings. The Morgan fingerprint density at radius 2 is 2.06 bits per heavy atom. The van der Waals surface area contributed by atoms with Crippen LogP contribution in [0.1, 0.15) is 19.3 Å². The van der Waals surface area contributed by atoms with Crippen LogP contribution >= 0.6 is 27.7 Å². The summed E-state index contributed by atoms with van der Waals surface area (Å²) < 4.78 is 4.42. The molecular weight excluding hydrogens is 524 g/mol. The second-order valence-electron chi connectivity index (χ2n) is 8.90. The average Bonchev–Trinajstić information content (AvgIpc) is 3.41. The molecule has 3 unspecified atom stereocenters. The van der Waals surface area contributed by atoms with Crippen molar-refractivity contribution in [2.24, 2.45) is 11.8 Å². The molecule has 3 aliphatic heterocycles. The van der Waals surface area contributed by atoms with Crippen LogP contribution in [0.15, 0.2) is 36.9 Å². The summed E-state index contributed by atoms with van der Waals surface area (Å²) in [7, 11) is 1.57. The number of hydrogen-bond acceptors (Lipinski definition) is 6. The summed E-state index contributed by atoms with van der Waals surface area (Å²) in [5, 5.41) is 19.0. The Labute approximate surface area is 211 Å². The zero-order valence-corrected chi connectivity index (χ0v) is 21.3. The Balaban J connectivity index is 1.76. The van der Waals surface area contributed by atoms with E-state index in [1.807, 2.05) is 0 Å². The fraction of sp³-hybridized carbons (Fsp3) is 0.542. The lowest BCUT2D eigenvalue weighted by atomic mass is 9.71. The van der Waals surface area contributed by atoms with Crippen molar-refractivity contribution in [1.29, 1.82) is 0 Å². The summed E-state index contributed by atoms with van der Waals surface area (Å²) >= 11 is 5.12. The molecule has 2 N–H and O–H groups in total. The lowest BCUT2D eigenvalue weighted by Crippen LogP contribution is -2.55. The summed E-state index contributed by atoms with van der Waals surface area (Å²) in [6.45, 7) is 4.33. The first-order chi connectivity index (χ1) is 16.3. The zero-order chi connectivity index (χ0) is 24.6. The van der Waals surface area contributed by atoms with E-state index < -0.39 is 28.6 Å². The SMILES string of the molecule is C=CCN(C(=O)C1N(CCCCO)C(=O)[C@@H]2[C@@H](C(=O)O)[C@@H]3SC12CC3Br)c1ccc(OC)cc1. The first kappa shape index (κ1) is 25.1. The number of carboxylic acids is 1. The lowest BCUT2D eigenvalue weighted by Gasteiger charge is -2.37. The number of likely N-dealkylation sites (tertiary alicyclic amines) is 1. The van der Waals surface area contributed by atoms with Gasteiger partial charge in [-0.2, -0.15) is 0 Å². The summed E-state index contributed by atoms with van der Waals surface area (Å²) in [5.74, 6) is -2.45. The minimum atomic E-state index is -0.997. The number of aliphatic carboxylic acids is 1. The highest BCUT2D eigenvalue weighted by molar-refractivity contribution is 9.09. The fourth-order valence-electron chi connectivity index (χ4n) is 5.69. The van der Waals surface area contributed by atoms with E-state index in [0.717, 1.165) is 0 Å². The fourth-order valence-corrected chi connectivity index (χ4v) is 9.29. The molecule has 184 valence electrons. The third kappa shape index (κ3) is 3.93. The number of aliphatic hydroxyl groups excluding tert-OH is 1. The summed E-state index contributed by atoms with van der Waals surface area (Å²) in [6.07, 6.45) is 3.20. The summed E-state index contributed by atoms with van der Waals surface area (Å²) in [5.41, 5.74) is 0.649. The van der Waals surface area contributed by atoms with Crippen LogP contribution in [0.2, 0.25) is 0 Å². The molecule has 6 atom stereocenters.